The van der Waals surface area contributed by atoms with E-state index in [0.717, 1.165) is 17.0 Å². The zero-order chi connectivity index (χ0) is 17.9. The number of carbonyl (C=O) groups is 1. The first kappa shape index (κ1) is 15.9. The van der Waals surface area contributed by atoms with Crippen molar-refractivity contribution in [2.45, 2.75) is 0 Å². The van der Waals surface area contributed by atoms with Crippen molar-refractivity contribution in [1.29, 1.82) is 0 Å². The first-order chi connectivity index (χ1) is 12.8. The number of carbonyl (C=O) groups excluding carboxylic acids is 1. The van der Waals surface area contributed by atoms with Crippen LogP contribution in [0.1, 0.15) is 10.5 Å². The highest BCUT2D eigenvalue weighted by Crippen LogP contribution is 2.25. The van der Waals surface area contributed by atoms with Gasteiger partial charge in [0.25, 0.3) is 5.91 Å². The third-order valence-electron chi connectivity index (χ3n) is 3.96. The summed E-state index contributed by atoms with van der Waals surface area (Å²) in [6.45, 7) is 0. The molecular formula is C20H15N3O3. The smallest absolute Gasteiger partial charge is 0.295 e. The molecule has 0 radical (unpaired) electrons. The van der Waals surface area contributed by atoms with Gasteiger partial charge in [0.15, 0.2) is 5.69 Å². The van der Waals surface area contributed by atoms with E-state index in [1.807, 2.05) is 72.8 Å². The molecule has 3 aromatic carbocycles. The minimum atomic E-state index is -0.649. The zero-order valence-electron chi connectivity index (χ0n) is 13.7. The fraction of sp³-hybridized carbons (Fsp3) is 0. The molecule has 1 aromatic heterocycles. The monoisotopic (exact) mass is 345 g/mol. The molecular weight excluding hydrogens is 330 g/mol. The largest absolute Gasteiger partial charge is 0.457 e. The van der Waals surface area contributed by atoms with Crippen molar-refractivity contribution in [3.63, 3.8) is 0 Å². The number of nitrogens with zero attached hydrogens (tertiary/aromatic N) is 2. The van der Waals surface area contributed by atoms with Crippen molar-refractivity contribution >= 4 is 16.8 Å². The Morgan fingerprint density at radius 3 is 2.27 bits per heavy atom. The lowest BCUT2D eigenvalue weighted by Gasteiger charge is -2.07. The number of ether oxygens (including phenoxy) is 1. The summed E-state index contributed by atoms with van der Waals surface area (Å²) >= 11 is 0. The topological polar surface area (TPSA) is 76.4 Å². The molecule has 0 unspecified atom stereocenters. The summed E-state index contributed by atoms with van der Waals surface area (Å²) in [5, 5.41) is 13.9. The number of rotatable bonds is 4. The highest BCUT2D eigenvalue weighted by Gasteiger charge is 2.17. The number of aromatic nitrogens is 2. The summed E-state index contributed by atoms with van der Waals surface area (Å²) in [5.74, 6) is 0.806. The van der Waals surface area contributed by atoms with Gasteiger partial charge in [0, 0.05) is 5.39 Å². The molecule has 26 heavy (non-hydrogen) atoms. The number of hydrogen-bond acceptors (Lipinski definition) is 4. The summed E-state index contributed by atoms with van der Waals surface area (Å²) in [4.78, 5) is 11.9. The maximum Gasteiger partial charge on any atom is 0.295 e. The van der Waals surface area contributed by atoms with Gasteiger partial charge in [-0.1, -0.05) is 36.4 Å². The number of benzene rings is 3. The molecule has 0 saturated heterocycles. The summed E-state index contributed by atoms with van der Waals surface area (Å²) in [6.07, 6.45) is 0. The lowest BCUT2D eigenvalue weighted by atomic mass is 10.2. The number of para-hydroxylation sites is 2. The molecule has 6 heteroatoms. The van der Waals surface area contributed by atoms with Crippen LogP contribution < -0.4 is 10.2 Å². The van der Waals surface area contributed by atoms with E-state index in [2.05, 4.69) is 5.10 Å². The van der Waals surface area contributed by atoms with Crippen molar-refractivity contribution in [2.24, 2.45) is 0 Å². The van der Waals surface area contributed by atoms with E-state index in [4.69, 9.17) is 9.94 Å². The Balaban J connectivity index is 1.71. The molecule has 0 spiro atoms. The van der Waals surface area contributed by atoms with Crippen LogP contribution in [-0.2, 0) is 0 Å². The quantitative estimate of drug-likeness (QED) is 0.434. The lowest BCUT2D eigenvalue weighted by molar-refractivity contribution is 0.0702. The molecule has 1 amide bonds. The van der Waals surface area contributed by atoms with Crippen molar-refractivity contribution in [3.05, 3.63) is 84.6 Å². The van der Waals surface area contributed by atoms with Crippen LogP contribution >= 0.6 is 0 Å². The number of hydrogen-bond donors (Lipinski definition) is 2. The van der Waals surface area contributed by atoms with Crippen LogP contribution in [0, 0.1) is 0 Å². The SMILES string of the molecule is O=C(NO)c1nn(-c2ccc(Oc3ccccc3)cc2)c2ccccc12. The van der Waals surface area contributed by atoms with Gasteiger partial charge in [0.1, 0.15) is 11.5 Å². The molecule has 6 nitrogen and oxygen atoms in total. The summed E-state index contributed by atoms with van der Waals surface area (Å²) < 4.78 is 7.45. The van der Waals surface area contributed by atoms with Gasteiger partial charge in [-0.05, 0) is 42.5 Å². The Bertz CT molecular complexity index is 1060. The minimum Gasteiger partial charge on any atom is -0.457 e. The van der Waals surface area contributed by atoms with Crippen LogP contribution in [0.4, 0.5) is 0 Å². The van der Waals surface area contributed by atoms with Crippen LogP contribution in [0.5, 0.6) is 11.5 Å². The van der Waals surface area contributed by atoms with E-state index >= 15 is 0 Å². The Labute approximate surface area is 149 Å². The fourth-order valence-electron chi connectivity index (χ4n) is 2.76. The number of nitrogens with one attached hydrogen (secondary N) is 1. The first-order valence-electron chi connectivity index (χ1n) is 8.02. The van der Waals surface area contributed by atoms with Gasteiger partial charge < -0.3 is 4.74 Å². The minimum absolute atomic E-state index is 0.160. The molecule has 128 valence electrons. The van der Waals surface area contributed by atoms with Crippen molar-refractivity contribution in [3.8, 4) is 17.2 Å². The Kier molecular flexibility index (Phi) is 4.09. The van der Waals surface area contributed by atoms with Gasteiger partial charge in [0.2, 0.25) is 0 Å². The Morgan fingerprint density at radius 1 is 0.885 bits per heavy atom. The molecule has 0 aliphatic heterocycles. The van der Waals surface area contributed by atoms with Gasteiger partial charge in [-0.25, -0.2) is 10.2 Å². The highest BCUT2D eigenvalue weighted by atomic mass is 16.5. The fourth-order valence-corrected chi connectivity index (χ4v) is 2.76. The molecule has 0 saturated carbocycles. The number of amides is 1. The second kappa shape index (κ2) is 6.70. The molecule has 0 aliphatic carbocycles. The number of fused-ring (bicyclic) bond motifs is 1. The van der Waals surface area contributed by atoms with E-state index in [1.165, 1.54) is 0 Å². The standard InChI is InChI=1S/C20H15N3O3/c24-20(22-25)19-17-8-4-5-9-18(17)23(21-19)14-10-12-16(13-11-14)26-15-6-2-1-3-7-15/h1-13,25H,(H,22,24). The maximum atomic E-state index is 11.9. The Hall–Kier alpha value is -3.64. The van der Waals surface area contributed by atoms with Gasteiger partial charge in [-0.2, -0.15) is 5.10 Å². The van der Waals surface area contributed by atoms with Crippen LogP contribution in [0.25, 0.3) is 16.6 Å². The highest BCUT2D eigenvalue weighted by molar-refractivity contribution is 6.04. The predicted molar refractivity (Wildman–Crippen MR) is 96.8 cm³/mol. The van der Waals surface area contributed by atoms with Gasteiger partial charge in [0.05, 0.1) is 11.2 Å². The summed E-state index contributed by atoms with van der Waals surface area (Å²) in [5.41, 5.74) is 3.34. The summed E-state index contributed by atoms with van der Waals surface area (Å²) in [7, 11) is 0. The second-order valence-corrected chi connectivity index (χ2v) is 5.63. The van der Waals surface area contributed by atoms with E-state index in [-0.39, 0.29) is 5.69 Å². The molecule has 1 heterocycles. The summed E-state index contributed by atoms with van der Waals surface area (Å²) in [6, 6.07) is 24.3. The lowest BCUT2D eigenvalue weighted by Crippen LogP contribution is -2.19. The van der Waals surface area contributed by atoms with Crippen LogP contribution in [0.15, 0.2) is 78.9 Å². The maximum absolute atomic E-state index is 11.9. The van der Waals surface area contributed by atoms with Crippen molar-refractivity contribution in [2.75, 3.05) is 0 Å². The third kappa shape index (κ3) is 2.89. The molecule has 0 bridgehead atoms. The normalized spacial score (nSPS) is 10.7. The first-order valence-corrected chi connectivity index (χ1v) is 8.02. The van der Waals surface area contributed by atoms with Crippen LogP contribution in [0.3, 0.4) is 0 Å². The van der Waals surface area contributed by atoms with Gasteiger partial charge in [-0.15, -0.1) is 0 Å². The average Bonchev–Trinajstić information content (AvgIpc) is 3.09. The molecule has 4 aromatic rings. The molecule has 0 aliphatic rings. The van der Waals surface area contributed by atoms with Gasteiger partial charge in [-0.3, -0.25) is 10.0 Å². The zero-order valence-corrected chi connectivity index (χ0v) is 13.7. The molecule has 0 fully saturated rings. The average molecular weight is 345 g/mol. The second-order valence-electron chi connectivity index (χ2n) is 5.63. The van der Waals surface area contributed by atoms with E-state index < -0.39 is 5.91 Å². The van der Waals surface area contributed by atoms with E-state index in [9.17, 15) is 4.79 Å². The van der Waals surface area contributed by atoms with Crippen LogP contribution in [0.2, 0.25) is 0 Å². The predicted octanol–water partition coefficient (Wildman–Crippen LogP) is 3.94. The van der Waals surface area contributed by atoms with E-state index in [1.54, 1.807) is 16.2 Å². The van der Waals surface area contributed by atoms with Gasteiger partial charge >= 0.3 is 0 Å². The van der Waals surface area contributed by atoms with E-state index in [0.29, 0.717) is 11.1 Å². The molecule has 0 atom stereocenters. The molecule has 4 rings (SSSR count). The van der Waals surface area contributed by atoms with Crippen molar-refractivity contribution in [1.82, 2.24) is 15.3 Å². The Morgan fingerprint density at radius 2 is 1.54 bits per heavy atom. The third-order valence-corrected chi connectivity index (χ3v) is 3.96. The number of hydroxylamine groups is 1. The van der Waals surface area contributed by atoms with Crippen molar-refractivity contribution < 1.29 is 14.7 Å². The molecule has 2 N–H and O–H groups in total. The van der Waals surface area contributed by atoms with Crippen LogP contribution in [-0.4, -0.2) is 20.9 Å².